The molecular weight excluding hydrogens is 230 g/mol. The van der Waals surface area contributed by atoms with Gasteiger partial charge < -0.3 is 9.64 Å². The molecule has 2 aliphatic rings. The van der Waals surface area contributed by atoms with Crippen LogP contribution in [-0.4, -0.2) is 60.3 Å². The number of nitrogens with zero attached hydrogens (tertiary/aromatic N) is 5. The quantitative estimate of drug-likeness (QED) is 0.686. The van der Waals surface area contributed by atoms with Crippen LogP contribution in [0.1, 0.15) is 5.69 Å². The summed E-state index contributed by atoms with van der Waals surface area (Å²) in [6.45, 7) is 3.52. The smallest absolute Gasteiger partial charge is 0.158 e. The first kappa shape index (κ1) is 11.4. The van der Waals surface area contributed by atoms with Gasteiger partial charge in [0.1, 0.15) is 11.9 Å². The highest BCUT2D eigenvalue weighted by Crippen LogP contribution is 2.24. The Morgan fingerprint density at radius 3 is 2.94 bits per heavy atom. The van der Waals surface area contributed by atoms with Crippen molar-refractivity contribution in [3.63, 3.8) is 0 Å². The fourth-order valence-corrected chi connectivity index (χ4v) is 2.59. The van der Waals surface area contributed by atoms with E-state index in [1.165, 1.54) is 6.20 Å². The molecule has 2 unspecified atom stereocenters. The topological polar surface area (TPSA) is 65.3 Å². The summed E-state index contributed by atoms with van der Waals surface area (Å²) in [4.78, 5) is 12.9. The number of fused-ring (bicyclic) bond motifs is 1. The molecule has 0 bridgehead atoms. The molecule has 2 aliphatic heterocycles. The lowest BCUT2D eigenvalue weighted by Crippen LogP contribution is -2.48. The first-order valence-electron chi connectivity index (χ1n) is 6.07. The van der Waals surface area contributed by atoms with Crippen LogP contribution in [0.3, 0.4) is 0 Å². The molecule has 0 aliphatic carbocycles. The van der Waals surface area contributed by atoms with Crippen molar-refractivity contribution in [3.05, 3.63) is 18.1 Å². The minimum atomic E-state index is 0.251. The number of rotatable bonds is 1. The second-order valence-corrected chi connectivity index (χ2v) is 4.73. The van der Waals surface area contributed by atoms with Gasteiger partial charge in [-0.05, 0) is 7.05 Å². The van der Waals surface area contributed by atoms with Crippen molar-refractivity contribution >= 4 is 5.82 Å². The molecular formula is C12H15N5O. The van der Waals surface area contributed by atoms with E-state index >= 15 is 0 Å². The van der Waals surface area contributed by atoms with Crippen LogP contribution < -0.4 is 4.90 Å². The summed E-state index contributed by atoms with van der Waals surface area (Å²) in [6, 6.07) is 2.40. The van der Waals surface area contributed by atoms with Crippen molar-refractivity contribution < 1.29 is 4.74 Å². The van der Waals surface area contributed by atoms with Crippen LogP contribution >= 0.6 is 0 Å². The first-order chi connectivity index (χ1) is 8.78. The molecule has 2 atom stereocenters. The maximum atomic E-state index is 8.70. The SMILES string of the molecule is CN1CCOC2CN(c3cnc(C#N)cn3)CC21. The Balaban J connectivity index is 1.76. The lowest BCUT2D eigenvalue weighted by atomic mass is 10.1. The minimum absolute atomic E-state index is 0.251. The Morgan fingerprint density at radius 2 is 2.28 bits per heavy atom. The number of likely N-dealkylation sites (N-methyl/N-ethyl adjacent to an activating group) is 1. The Labute approximate surface area is 106 Å². The summed E-state index contributed by atoms with van der Waals surface area (Å²) in [5.41, 5.74) is 0.351. The maximum Gasteiger partial charge on any atom is 0.158 e. The third kappa shape index (κ3) is 1.92. The molecule has 6 heteroatoms. The highest BCUT2D eigenvalue weighted by Gasteiger charge is 2.39. The van der Waals surface area contributed by atoms with Gasteiger partial charge in [-0.3, -0.25) is 4.90 Å². The number of hydrogen-bond acceptors (Lipinski definition) is 6. The van der Waals surface area contributed by atoms with Gasteiger partial charge in [0.25, 0.3) is 0 Å². The molecule has 3 rings (SSSR count). The predicted molar refractivity (Wildman–Crippen MR) is 65.1 cm³/mol. The van der Waals surface area contributed by atoms with Crippen LogP contribution in [0.4, 0.5) is 5.82 Å². The number of hydrogen-bond donors (Lipinski definition) is 0. The summed E-state index contributed by atoms with van der Waals surface area (Å²) in [6.07, 6.45) is 3.43. The maximum absolute atomic E-state index is 8.70. The second-order valence-electron chi connectivity index (χ2n) is 4.73. The van der Waals surface area contributed by atoms with Crippen LogP contribution in [0.2, 0.25) is 0 Å². The van der Waals surface area contributed by atoms with Crippen molar-refractivity contribution in [3.8, 4) is 6.07 Å². The second kappa shape index (κ2) is 4.52. The summed E-state index contributed by atoms with van der Waals surface area (Å²) in [7, 11) is 2.13. The Morgan fingerprint density at radius 1 is 1.39 bits per heavy atom. The van der Waals surface area contributed by atoms with Crippen LogP contribution in [0.5, 0.6) is 0 Å². The zero-order valence-electron chi connectivity index (χ0n) is 10.3. The van der Waals surface area contributed by atoms with Gasteiger partial charge in [-0.1, -0.05) is 0 Å². The normalized spacial score (nSPS) is 27.9. The monoisotopic (exact) mass is 245 g/mol. The number of aromatic nitrogens is 2. The van der Waals surface area contributed by atoms with Crippen molar-refractivity contribution in [2.45, 2.75) is 12.1 Å². The Kier molecular flexibility index (Phi) is 2.86. The van der Waals surface area contributed by atoms with E-state index in [1.807, 2.05) is 6.07 Å². The molecule has 3 heterocycles. The standard InChI is InChI=1S/C12H15N5O/c1-16-2-3-18-11-8-17(7-10(11)16)12-6-14-9(4-13)5-15-12/h5-6,10-11H,2-3,7-8H2,1H3. The van der Waals surface area contributed by atoms with E-state index in [0.717, 1.165) is 32.1 Å². The molecule has 2 saturated heterocycles. The summed E-state index contributed by atoms with van der Waals surface area (Å²) >= 11 is 0. The van der Waals surface area contributed by atoms with Crippen LogP contribution in [0, 0.1) is 11.3 Å². The molecule has 0 spiro atoms. The van der Waals surface area contributed by atoms with Crippen LogP contribution in [0.25, 0.3) is 0 Å². The Hall–Kier alpha value is -1.71. The summed E-state index contributed by atoms with van der Waals surface area (Å²) in [5, 5.41) is 8.70. The van der Waals surface area contributed by atoms with Gasteiger partial charge in [-0.15, -0.1) is 0 Å². The van der Waals surface area contributed by atoms with Gasteiger partial charge in [0.2, 0.25) is 0 Å². The van der Waals surface area contributed by atoms with E-state index < -0.39 is 0 Å². The molecule has 6 nitrogen and oxygen atoms in total. The van der Waals surface area contributed by atoms with E-state index in [9.17, 15) is 0 Å². The fraction of sp³-hybridized carbons (Fsp3) is 0.583. The third-order valence-corrected chi connectivity index (χ3v) is 3.66. The van der Waals surface area contributed by atoms with Crippen molar-refractivity contribution in [2.24, 2.45) is 0 Å². The predicted octanol–water partition coefficient (Wildman–Crippen LogP) is -0.133. The average Bonchev–Trinajstić information content (AvgIpc) is 2.84. The van der Waals surface area contributed by atoms with E-state index in [1.54, 1.807) is 6.20 Å². The molecule has 0 aromatic carbocycles. The van der Waals surface area contributed by atoms with E-state index in [2.05, 4.69) is 26.8 Å². The molecule has 0 N–H and O–H groups in total. The molecule has 0 radical (unpaired) electrons. The highest BCUT2D eigenvalue weighted by molar-refractivity contribution is 5.40. The van der Waals surface area contributed by atoms with Gasteiger partial charge in [-0.25, -0.2) is 9.97 Å². The van der Waals surface area contributed by atoms with Crippen molar-refractivity contribution in [1.82, 2.24) is 14.9 Å². The van der Waals surface area contributed by atoms with E-state index in [0.29, 0.717) is 11.7 Å². The average molecular weight is 245 g/mol. The number of ether oxygens (including phenoxy) is 1. The third-order valence-electron chi connectivity index (χ3n) is 3.66. The van der Waals surface area contributed by atoms with Crippen LogP contribution in [-0.2, 0) is 4.74 Å². The number of anilines is 1. The van der Waals surface area contributed by atoms with Gasteiger partial charge in [-0.2, -0.15) is 5.26 Å². The Bertz CT molecular complexity index is 468. The first-order valence-corrected chi connectivity index (χ1v) is 6.07. The molecule has 1 aromatic heterocycles. The summed E-state index contributed by atoms with van der Waals surface area (Å²) < 4.78 is 5.79. The zero-order chi connectivity index (χ0) is 12.5. The molecule has 0 amide bonds. The largest absolute Gasteiger partial charge is 0.373 e. The molecule has 18 heavy (non-hydrogen) atoms. The van der Waals surface area contributed by atoms with E-state index in [4.69, 9.17) is 10.00 Å². The lowest BCUT2D eigenvalue weighted by molar-refractivity contribution is -0.0362. The number of nitriles is 1. The van der Waals surface area contributed by atoms with Crippen molar-refractivity contribution in [2.75, 3.05) is 38.2 Å². The zero-order valence-corrected chi connectivity index (χ0v) is 10.3. The minimum Gasteiger partial charge on any atom is -0.373 e. The van der Waals surface area contributed by atoms with Gasteiger partial charge in [0.05, 0.1) is 31.1 Å². The van der Waals surface area contributed by atoms with Crippen LogP contribution in [0.15, 0.2) is 12.4 Å². The van der Waals surface area contributed by atoms with Gasteiger partial charge >= 0.3 is 0 Å². The molecule has 0 saturated carbocycles. The van der Waals surface area contributed by atoms with E-state index in [-0.39, 0.29) is 6.10 Å². The van der Waals surface area contributed by atoms with Crippen molar-refractivity contribution in [1.29, 1.82) is 5.26 Å². The molecule has 1 aromatic rings. The summed E-state index contributed by atoms with van der Waals surface area (Å²) in [5.74, 6) is 0.820. The highest BCUT2D eigenvalue weighted by atomic mass is 16.5. The number of morpholine rings is 1. The fourth-order valence-electron chi connectivity index (χ4n) is 2.59. The molecule has 2 fully saturated rings. The lowest BCUT2D eigenvalue weighted by Gasteiger charge is -2.33. The van der Waals surface area contributed by atoms with Gasteiger partial charge in [0, 0.05) is 19.6 Å². The molecule has 94 valence electrons. The van der Waals surface area contributed by atoms with Gasteiger partial charge in [0.15, 0.2) is 5.69 Å².